The molecule has 1 unspecified atom stereocenters. The first-order valence-electron chi connectivity index (χ1n) is 5.62. The highest BCUT2D eigenvalue weighted by Crippen LogP contribution is 2.23. The molecule has 0 fully saturated rings. The van der Waals surface area contributed by atoms with E-state index in [1.807, 2.05) is 6.08 Å². The number of nitrogens with one attached hydrogen (secondary N) is 1. The SMILES string of the molecule is C=CCNCC(c1ccccc1)C(C)C. The molecular weight excluding hydrogens is 182 g/mol. The lowest BCUT2D eigenvalue weighted by Gasteiger charge is -2.21. The summed E-state index contributed by atoms with van der Waals surface area (Å²) in [6.07, 6.45) is 1.91. The van der Waals surface area contributed by atoms with Gasteiger partial charge in [-0.2, -0.15) is 0 Å². The Hall–Kier alpha value is -1.08. The number of hydrogen-bond donors (Lipinski definition) is 1. The molecule has 1 aromatic rings. The molecule has 0 aliphatic carbocycles. The van der Waals surface area contributed by atoms with Crippen molar-refractivity contribution in [1.82, 2.24) is 5.32 Å². The van der Waals surface area contributed by atoms with Crippen molar-refractivity contribution in [2.24, 2.45) is 5.92 Å². The van der Waals surface area contributed by atoms with E-state index < -0.39 is 0 Å². The van der Waals surface area contributed by atoms with Crippen LogP contribution in [0, 0.1) is 5.92 Å². The monoisotopic (exact) mass is 203 g/mol. The zero-order valence-electron chi connectivity index (χ0n) is 9.74. The molecule has 0 aliphatic heterocycles. The quantitative estimate of drug-likeness (QED) is 0.553. The molecule has 1 atom stereocenters. The Morgan fingerprint density at radius 3 is 2.47 bits per heavy atom. The van der Waals surface area contributed by atoms with Crippen LogP contribution in [-0.4, -0.2) is 13.1 Å². The van der Waals surface area contributed by atoms with Gasteiger partial charge in [0.15, 0.2) is 0 Å². The van der Waals surface area contributed by atoms with Crippen LogP contribution in [0.2, 0.25) is 0 Å². The Morgan fingerprint density at radius 2 is 1.93 bits per heavy atom. The van der Waals surface area contributed by atoms with E-state index in [-0.39, 0.29) is 0 Å². The predicted octanol–water partition coefficient (Wildman–Crippen LogP) is 3.20. The molecule has 0 spiro atoms. The van der Waals surface area contributed by atoms with Gasteiger partial charge in [-0.3, -0.25) is 0 Å². The van der Waals surface area contributed by atoms with E-state index in [1.165, 1.54) is 5.56 Å². The zero-order chi connectivity index (χ0) is 11.1. The maximum Gasteiger partial charge on any atom is 0.0132 e. The third-order valence-electron chi connectivity index (χ3n) is 2.69. The molecule has 0 heterocycles. The van der Waals surface area contributed by atoms with Gasteiger partial charge >= 0.3 is 0 Å². The summed E-state index contributed by atoms with van der Waals surface area (Å²) in [7, 11) is 0. The van der Waals surface area contributed by atoms with Crippen LogP contribution in [0.15, 0.2) is 43.0 Å². The predicted molar refractivity (Wildman–Crippen MR) is 67.1 cm³/mol. The van der Waals surface area contributed by atoms with E-state index in [1.54, 1.807) is 0 Å². The number of hydrogen-bond acceptors (Lipinski definition) is 1. The molecule has 15 heavy (non-hydrogen) atoms. The van der Waals surface area contributed by atoms with E-state index in [0.717, 1.165) is 13.1 Å². The summed E-state index contributed by atoms with van der Waals surface area (Å²) < 4.78 is 0. The van der Waals surface area contributed by atoms with Gasteiger partial charge in [0.25, 0.3) is 0 Å². The smallest absolute Gasteiger partial charge is 0.0132 e. The van der Waals surface area contributed by atoms with E-state index in [2.05, 4.69) is 56.1 Å². The van der Waals surface area contributed by atoms with Crippen molar-refractivity contribution in [3.8, 4) is 0 Å². The van der Waals surface area contributed by atoms with Gasteiger partial charge < -0.3 is 5.32 Å². The lowest BCUT2D eigenvalue weighted by atomic mass is 9.88. The molecule has 1 heteroatoms. The first-order chi connectivity index (χ1) is 7.25. The highest BCUT2D eigenvalue weighted by atomic mass is 14.8. The van der Waals surface area contributed by atoms with Crippen LogP contribution in [0.5, 0.6) is 0 Å². The van der Waals surface area contributed by atoms with Crippen LogP contribution < -0.4 is 5.32 Å². The Kier molecular flexibility index (Phi) is 5.13. The van der Waals surface area contributed by atoms with Crippen molar-refractivity contribution in [2.45, 2.75) is 19.8 Å². The fraction of sp³-hybridized carbons (Fsp3) is 0.429. The lowest BCUT2D eigenvalue weighted by molar-refractivity contribution is 0.471. The largest absolute Gasteiger partial charge is 0.313 e. The third kappa shape index (κ3) is 3.88. The highest BCUT2D eigenvalue weighted by Gasteiger charge is 2.14. The summed E-state index contributed by atoms with van der Waals surface area (Å²) >= 11 is 0. The molecule has 0 aliphatic rings. The average molecular weight is 203 g/mol. The molecule has 0 bridgehead atoms. The zero-order valence-corrected chi connectivity index (χ0v) is 9.74. The maximum atomic E-state index is 3.71. The first-order valence-corrected chi connectivity index (χ1v) is 5.62. The van der Waals surface area contributed by atoms with Gasteiger partial charge in [0.1, 0.15) is 0 Å². The van der Waals surface area contributed by atoms with Crippen molar-refractivity contribution < 1.29 is 0 Å². The lowest BCUT2D eigenvalue weighted by Crippen LogP contribution is -2.24. The highest BCUT2D eigenvalue weighted by molar-refractivity contribution is 5.20. The van der Waals surface area contributed by atoms with Gasteiger partial charge in [-0.05, 0) is 17.4 Å². The minimum absolute atomic E-state index is 0.589. The molecule has 0 saturated carbocycles. The molecule has 0 radical (unpaired) electrons. The van der Waals surface area contributed by atoms with E-state index >= 15 is 0 Å². The van der Waals surface area contributed by atoms with Gasteiger partial charge in [-0.1, -0.05) is 50.3 Å². The number of benzene rings is 1. The maximum absolute atomic E-state index is 3.71. The van der Waals surface area contributed by atoms with Crippen molar-refractivity contribution in [1.29, 1.82) is 0 Å². The topological polar surface area (TPSA) is 12.0 Å². The van der Waals surface area contributed by atoms with Gasteiger partial charge in [-0.25, -0.2) is 0 Å². The summed E-state index contributed by atoms with van der Waals surface area (Å²) in [5.74, 6) is 1.25. The Morgan fingerprint density at radius 1 is 1.27 bits per heavy atom. The van der Waals surface area contributed by atoms with Gasteiger partial charge in [-0.15, -0.1) is 6.58 Å². The van der Waals surface area contributed by atoms with Crippen LogP contribution in [0.3, 0.4) is 0 Å². The van der Waals surface area contributed by atoms with Crippen LogP contribution in [0.4, 0.5) is 0 Å². The summed E-state index contributed by atoms with van der Waals surface area (Å²) in [5, 5.41) is 3.40. The Labute approximate surface area is 93.2 Å². The fourth-order valence-corrected chi connectivity index (χ4v) is 1.78. The molecule has 1 N–H and O–H groups in total. The van der Waals surface area contributed by atoms with E-state index in [4.69, 9.17) is 0 Å². The second-order valence-electron chi connectivity index (χ2n) is 4.21. The number of rotatable bonds is 6. The van der Waals surface area contributed by atoms with Crippen molar-refractivity contribution >= 4 is 0 Å². The van der Waals surface area contributed by atoms with Crippen LogP contribution >= 0.6 is 0 Å². The molecule has 1 nitrogen and oxygen atoms in total. The van der Waals surface area contributed by atoms with Crippen LogP contribution in [0.1, 0.15) is 25.3 Å². The normalized spacial score (nSPS) is 12.7. The summed E-state index contributed by atoms with van der Waals surface area (Å²) in [4.78, 5) is 0. The first kappa shape index (κ1) is 12.0. The molecule has 0 aromatic heterocycles. The average Bonchev–Trinajstić information content (AvgIpc) is 2.25. The summed E-state index contributed by atoms with van der Waals surface area (Å²) in [5.41, 5.74) is 1.42. The molecule has 1 aromatic carbocycles. The second-order valence-corrected chi connectivity index (χ2v) is 4.21. The van der Waals surface area contributed by atoms with Gasteiger partial charge in [0, 0.05) is 13.1 Å². The van der Waals surface area contributed by atoms with E-state index in [9.17, 15) is 0 Å². The molecule has 1 rings (SSSR count). The van der Waals surface area contributed by atoms with Crippen molar-refractivity contribution in [2.75, 3.05) is 13.1 Å². The summed E-state index contributed by atoms with van der Waals surface area (Å²) in [6.45, 7) is 10.2. The second kappa shape index (κ2) is 6.41. The van der Waals surface area contributed by atoms with Gasteiger partial charge in [0.2, 0.25) is 0 Å². The Bertz CT molecular complexity index is 277. The molecule has 82 valence electrons. The molecule has 0 amide bonds. The molecular formula is C14H21N. The van der Waals surface area contributed by atoms with Crippen LogP contribution in [-0.2, 0) is 0 Å². The standard InChI is InChI=1S/C14H21N/c1-4-10-15-11-14(12(2)3)13-8-6-5-7-9-13/h4-9,12,14-15H,1,10-11H2,2-3H3. The summed E-state index contributed by atoms with van der Waals surface area (Å²) in [6, 6.07) is 10.7. The van der Waals surface area contributed by atoms with Crippen molar-refractivity contribution in [3.63, 3.8) is 0 Å². The minimum Gasteiger partial charge on any atom is -0.313 e. The molecule has 0 saturated heterocycles. The van der Waals surface area contributed by atoms with Crippen molar-refractivity contribution in [3.05, 3.63) is 48.6 Å². The third-order valence-corrected chi connectivity index (χ3v) is 2.69. The van der Waals surface area contributed by atoms with Crippen LogP contribution in [0.25, 0.3) is 0 Å². The van der Waals surface area contributed by atoms with Gasteiger partial charge in [0.05, 0.1) is 0 Å². The minimum atomic E-state index is 0.589. The van der Waals surface area contributed by atoms with E-state index in [0.29, 0.717) is 11.8 Å². The fourth-order valence-electron chi connectivity index (χ4n) is 1.78. The Balaban J connectivity index is 2.62.